The molecule has 0 fully saturated rings. The zero-order chi connectivity index (χ0) is 18.7. The van der Waals surface area contributed by atoms with Crippen LogP contribution in [0, 0.1) is 11.6 Å². The molecule has 2 heterocycles. The van der Waals surface area contributed by atoms with E-state index in [2.05, 4.69) is 9.97 Å². The Bertz CT molecular complexity index is 904. The van der Waals surface area contributed by atoms with Gasteiger partial charge < -0.3 is 10.6 Å². The molecule has 0 atom stereocenters. The Morgan fingerprint density at radius 3 is 2.42 bits per heavy atom. The third-order valence-corrected chi connectivity index (χ3v) is 3.88. The lowest BCUT2D eigenvalue weighted by Crippen LogP contribution is -2.32. The van der Waals surface area contributed by atoms with Crippen molar-refractivity contribution in [2.45, 2.75) is 6.54 Å². The highest BCUT2D eigenvalue weighted by molar-refractivity contribution is 5.77. The van der Waals surface area contributed by atoms with Crippen molar-refractivity contribution in [3.05, 3.63) is 66.3 Å². The monoisotopic (exact) mass is 357 g/mol. The van der Waals surface area contributed by atoms with Crippen LogP contribution in [0.1, 0.15) is 5.56 Å². The first kappa shape index (κ1) is 17.7. The van der Waals surface area contributed by atoms with Crippen LogP contribution in [-0.2, 0) is 11.3 Å². The summed E-state index contributed by atoms with van der Waals surface area (Å²) < 4.78 is 27.4. The molecule has 0 unspecified atom stereocenters. The molecule has 134 valence electrons. The van der Waals surface area contributed by atoms with Gasteiger partial charge in [0.1, 0.15) is 0 Å². The van der Waals surface area contributed by atoms with Crippen molar-refractivity contribution in [1.29, 1.82) is 0 Å². The minimum absolute atomic E-state index is 0.0356. The Kier molecular flexibility index (Phi) is 5.04. The lowest BCUT2D eigenvalue weighted by molar-refractivity contribution is -0.128. The first-order valence-corrected chi connectivity index (χ1v) is 7.86. The quantitative estimate of drug-likeness (QED) is 0.759. The van der Waals surface area contributed by atoms with Crippen LogP contribution >= 0.6 is 0 Å². The van der Waals surface area contributed by atoms with Crippen LogP contribution in [0.15, 0.2) is 49.1 Å². The van der Waals surface area contributed by atoms with E-state index in [1.54, 1.807) is 24.3 Å². The number of hydrogen-bond acceptors (Lipinski definition) is 4. The van der Waals surface area contributed by atoms with E-state index in [0.717, 1.165) is 29.1 Å². The van der Waals surface area contributed by atoms with Gasteiger partial charge in [-0.15, -0.1) is 0 Å². The highest BCUT2D eigenvalue weighted by Crippen LogP contribution is 2.20. The summed E-state index contributed by atoms with van der Waals surface area (Å²) in [5.74, 6) is -1.89. The Morgan fingerprint density at radius 1 is 1.15 bits per heavy atom. The van der Waals surface area contributed by atoms with Crippen molar-refractivity contribution in [3.8, 4) is 17.1 Å². The van der Waals surface area contributed by atoms with Gasteiger partial charge in [-0.1, -0.05) is 18.2 Å². The maximum atomic E-state index is 13.1. The number of nitrogens with zero attached hydrogens (tertiary/aromatic N) is 4. The number of aromatic nitrogens is 3. The minimum atomic E-state index is -0.957. The summed E-state index contributed by atoms with van der Waals surface area (Å²) in [6.07, 6.45) is 5.11. The summed E-state index contributed by atoms with van der Waals surface area (Å²) in [6.45, 7) is 0.400. The van der Waals surface area contributed by atoms with Crippen molar-refractivity contribution in [1.82, 2.24) is 19.4 Å². The van der Waals surface area contributed by atoms with Crippen LogP contribution in [0.2, 0.25) is 0 Å². The van der Waals surface area contributed by atoms with E-state index < -0.39 is 11.6 Å². The molecule has 0 saturated heterocycles. The first-order valence-electron chi connectivity index (χ1n) is 7.86. The second-order valence-corrected chi connectivity index (χ2v) is 5.79. The van der Waals surface area contributed by atoms with E-state index in [1.807, 2.05) is 24.3 Å². The topological polar surface area (TPSA) is 77.0 Å². The predicted octanol–water partition coefficient (Wildman–Crippen LogP) is 2.13. The molecule has 8 heteroatoms. The molecule has 0 aliphatic carbocycles. The van der Waals surface area contributed by atoms with Crippen LogP contribution in [0.4, 0.5) is 8.78 Å². The third-order valence-electron chi connectivity index (χ3n) is 3.88. The largest absolute Gasteiger partial charge is 0.340 e. The number of halogens is 2. The molecule has 3 rings (SSSR count). The summed E-state index contributed by atoms with van der Waals surface area (Å²) in [5.41, 5.74) is 7.91. The molecule has 6 nitrogen and oxygen atoms in total. The molecule has 2 N–H and O–H groups in total. The highest BCUT2D eigenvalue weighted by atomic mass is 19.2. The smallest absolute Gasteiger partial charge is 0.236 e. The average Bonchev–Trinajstić information content (AvgIpc) is 3.00. The molecule has 3 aromatic rings. The van der Waals surface area contributed by atoms with E-state index >= 15 is 0 Å². The fourth-order valence-electron chi connectivity index (χ4n) is 2.49. The molecule has 0 aliphatic heterocycles. The predicted molar refractivity (Wildman–Crippen MR) is 92.2 cm³/mol. The van der Waals surface area contributed by atoms with Crippen molar-refractivity contribution < 1.29 is 13.6 Å². The second-order valence-electron chi connectivity index (χ2n) is 5.79. The average molecular weight is 357 g/mol. The standard InChI is InChI=1S/C18H17F2N5O/c1-24(17(26)6-21)9-12-3-2-4-13(5-12)14-7-22-18(23-8-14)25-10-15(19)16(20)11-25/h2-5,7-8,10-11H,6,9,21H2,1H3. The van der Waals surface area contributed by atoms with E-state index in [9.17, 15) is 13.6 Å². The Labute approximate surface area is 148 Å². The number of likely N-dealkylation sites (N-methyl/N-ethyl adjacent to an activating group) is 1. The fraction of sp³-hybridized carbons (Fsp3) is 0.167. The molecule has 0 spiro atoms. The Morgan fingerprint density at radius 2 is 1.81 bits per heavy atom. The number of amides is 1. The van der Waals surface area contributed by atoms with Crippen molar-refractivity contribution in [2.24, 2.45) is 5.73 Å². The molecule has 0 bridgehead atoms. The second kappa shape index (κ2) is 7.40. The zero-order valence-corrected chi connectivity index (χ0v) is 14.1. The molecule has 1 aromatic carbocycles. The molecule has 0 aliphatic rings. The van der Waals surface area contributed by atoms with E-state index in [4.69, 9.17) is 5.73 Å². The third kappa shape index (κ3) is 3.75. The SMILES string of the molecule is CN(Cc1cccc(-c2cnc(-n3cc(F)c(F)c3)nc2)c1)C(=O)CN. The van der Waals surface area contributed by atoms with Gasteiger partial charge in [0, 0.05) is 31.5 Å². The molecule has 0 radical (unpaired) electrons. The summed E-state index contributed by atoms with van der Waals surface area (Å²) in [7, 11) is 1.69. The van der Waals surface area contributed by atoms with Crippen LogP contribution in [0.3, 0.4) is 0 Å². The highest BCUT2D eigenvalue weighted by Gasteiger charge is 2.10. The number of hydrogen-bond donors (Lipinski definition) is 1. The van der Waals surface area contributed by atoms with Gasteiger partial charge in [-0.25, -0.2) is 18.7 Å². The van der Waals surface area contributed by atoms with E-state index in [0.29, 0.717) is 6.54 Å². The zero-order valence-electron chi connectivity index (χ0n) is 14.1. The number of rotatable bonds is 5. The van der Waals surface area contributed by atoms with Gasteiger partial charge in [-0.05, 0) is 17.2 Å². The van der Waals surface area contributed by atoms with Crippen LogP contribution in [0.25, 0.3) is 17.1 Å². The van der Waals surface area contributed by atoms with Crippen molar-refractivity contribution >= 4 is 5.91 Å². The van der Waals surface area contributed by atoms with Crippen LogP contribution in [0.5, 0.6) is 0 Å². The Balaban J connectivity index is 1.81. The van der Waals surface area contributed by atoms with Gasteiger partial charge in [0.2, 0.25) is 11.9 Å². The van der Waals surface area contributed by atoms with E-state index in [-0.39, 0.29) is 18.4 Å². The molecular formula is C18H17F2N5O. The van der Waals surface area contributed by atoms with Gasteiger partial charge in [0.15, 0.2) is 11.6 Å². The summed E-state index contributed by atoms with van der Waals surface area (Å²) in [5, 5.41) is 0. The fourth-order valence-corrected chi connectivity index (χ4v) is 2.49. The van der Waals surface area contributed by atoms with Gasteiger partial charge in [-0.3, -0.25) is 9.36 Å². The van der Waals surface area contributed by atoms with E-state index in [1.165, 1.54) is 4.57 Å². The molecular weight excluding hydrogens is 340 g/mol. The summed E-state index contributed by atoms with van der Waals surface area (Å²) >= 11 is 0. The first-order chi connectivity index (χ1) is 12.5. The maximum Gasteiger partial charge on any atom is 0.236 e. The van der Waals surface area contributed by atoms with Gasteiger partial charge in [0.05, 0.1) is 18.9 Å². The summed E-state index contributed by atoms with van der Waals surface area (Å²) in [4.78, 5) is 21.4. The number of benzene rings is 1. The van der Waals surface area contributed by atoms with Gasteiger partial charge in [-0.2, -0.15) is 0 Å². The number of nitrogens with two attached hydrogens (primary N) is 1. The van der Waals surface area contributed by atoms with Crippen LogP contribution in [-0.4, -0.2) is 38.9 Å². The van der Waals surface area contributed by atoms with Gasteiger partial charge >= 0.3 is 0 Å². The summed E-state index contributed by atoms with van der Waals surface area (Å²) in [6, 6.07) is 7.59. The lowest BCUT2D eigenvalue weighted by atomic mass is 10.1. The molecule has 2 aromatic heterocycles. The van der Waals surface area contributed by atoms with Crippen molar-refractivity contribution in [2.75, 3.05) is 13.6 Å². The molecule has 1 amide bonds. The lowest BCUT2D eigenvalue weighted by Gasteiger charge is -2.16. The number of carbonyl (C=O) groups is 1. The van der Waals surface area contributed by atoms with Crippen molar-refractivity contribution in [3.63, 3.8) is 0 Å². The number of carbonyl (C=O) groups excluding carboxylic acids is 1. The molecule has 0 saturated carbocycles. The minimum Gasteiger partial charge on any atom is -0.340 e. The van der Waals surface area contributed by atoms with Crippen LogP contribution < -0.4 is 5.73 Å². The van der Waals surface area contributed by atoms with Gasteiger partial charge in [0.25, 0.3) is 0 Å². The maximum absolute atomic E-state index is 13.1. The normalized spacial score (nSPS) is 10.8. The molecule has 26 heavy (non-hydrogen) atoms. The Hall–Kier alpha value is -3.13.